The molecule has 1 aliphatic carbocycles. The Morgan fingerprint density at radius 3 is 3.06 bits per heavy atom. The van der Waals surface area contributed by atoms with Crippen LogP contribution < -0.4 is 10.6 Å². The third-order valence-corrected chi connectivity index (χ3v) is 3.57. The van der Waals surface area contributed by atoms with Crippen LogP contribution in [-0.2, 0) is 4.79 Å². The minimum absolute atomic E-state index is 0.0495. The van der Waals surface area contributed by atoms with Gasteiger partial charge < -0.3 is 10.6 Å². The summed E-state index contributed by atoms with van der Waals surface area (Å²) < 4.78 is 0. The van der Waals surface area contributed by atoms with Crippen LogP contribution in [0.4, 0.5) is 0 Å². The predicted molar refractivity (Wildman–Crippen MR) is 65.1 cm³/mol. The van der Waals surface area contributed by atoms with Gasteiger partial charge in [-0.05, 0) is 51.0 Å². The standard InChI is InChI=1S/C13H22N2O/c16-13-12(8-4-5-9-14-13)15-10-11-6-2-1-3-7-11/h1-2,11-12,15H,3-10H2,(H,14,16). The molecule has 2 rings (SSSR count). The normalized spacial score (nSPS) is 30.9. The molecule has 2 atom stereocenters. The van der Waals surface area contributed by atoms with E-state index in [0.29, 0.717) is 0 Å². The van der Waals surface area contributed by atoms with Gasteiger partial charge in [0.1, 0.15) is 0 Å². The van der Waals surface area contributed by atoms with E-state index in [9.17, 15) is 4.79 Å². The number of rotatable bonds is 3. The fourth-order valence-electron chi connectivity index (χ4n) is 2.48. The molecule has 0 radical (unpaired) electrons. The van der Waals surface area contributed by atoms with Crippen LogP contribution >= 0.6 is 0 Å². The van der Waals surface area contributed by atoms with Gasteiger partial charge in [-0.15, -0.1) is 0 Å². The average molecular weight is 222 g/mol. The number of hydrogen-bond donors (Lipinski definition) is 2. The molecule has 0 aromatic rings. The minimum Gasteiger partial charge on any atom is -0.355 e. The Labute approximate surface area is 97.7 Å². The molecular weight excluding hydrogens is 200 g/mol. The molecule has 2 N–H and O–H groups in total. The van der Waals surface area contributed by atoms with Gasteiger partial charge in [0, 0.05) is 6.54 Å². The molecule has 16 heavy (non-hydrogen) atoms. The lowest BCUT2D eigenvalue weighted by Gasteiger charge is -2.22. The molecule has 2 unspecified atom stereocenters. The van der Waals surface area contributed by atoms with Gasteiger partial charge >= 0.3 is 0 Å². The number of hydrogen-bond acceptors (Lipinski definition) is 2. The summed E-state index contributed by atoms with van der Waals surface area (Å²) in [5.74, 6) is 0.921. The molecule has 90 valence electrons. The second kappa shape index (κ2) is 6.04. The van der Waals surface area contributed by atoms with Gasteiger partial charge in [0.05, 0.1) is 6.04 Å². The van der Waals surface area contributed by atoms with E-state index in [2.05, 4.69) is 22.8 Å². The average Bonchev–Trinajstić information content (AvgIpc) is 2.53. The summed E-state index contributed by atoms with van der Waals surface area (Å²) in [5, 5.41) is 6.40. The highest BCUT2D eigenvalue weighted by atomic mass is 16.2. The molecule has 3 nitrogen and oxygen atoms in total. The van der Waals surface area contributed by atoms with Crippen molar-refractivity contribution in [3.63, 3.8) is 0 Å². The molecule has 0 aromatic heterocycles. The van der Waals surface area contributed by atoms with Crippen molar-refractivity contribution in [2.24, 2.45) is 5.92 Å². The Kier molecular flexibility index (Phi) is 4.40. The zero-order valence-corrected chi connectivity index (χ0v) is 9.87. The first-order valence-corrected chi connectivity index (χ1v) is 6.52. The van der Waals surface area contributed by atoms with E-state index in [1.807, 2.05) is 0 Å². The molecule has 1 saturated heterocycles. The zero-order valence-electron chi connectivity index (χ0n) is 9.87. The second-order valence-corrected chi connectivity index (χ2v) is 4.90. The monoisotopic (exact) mass is 222 g/mol. The highest BCUT2D eigenvalue weighted by molar-refractivity contribution is 5.81. The van der Waals surface area contributed by atoms with E-state index in [1.54, 1.807) is 0 Å². The number of allylic oxidation sites excluding steroid dienone is 2. The van der Waals surface area contributed by atoms with Crippen molar-refractivity contribution in [1.29, 1.82) is 0 Å². The number of carbonyl (C=O) groups excluding carboxylic acids is 1. The van der Waals surface area contributed by atoms with Crippen LogP contribution in [0.3, 0.4) is 0 Å². The maximum atomic E-state index is 11.7. The number of amides is 1. The Balaban J connectivity index is 1.74. The summed E-state index contributed by atoms with van der Waals surface area (Å²) in [4.78, 5) is 11.7. The molecule has 1 amide bonds. The molecular formula is C13H22N2O. The van der Waals surface area contributed by atoms with E-state index in [1.165, 1.54) is 19.3 Å². The molecule has 0 aromatic carbocycles. The van der Waals surface area contributed by atoms with Gasteiger partial charge in [-0.25, -0.2) is 0 Å². The highest BCUT2D eigenvalue weighted by Gasteiger charge is 2.21. The van der Waals surface area contributed by atoms with Crippen LogP contribution in [-0.4, -0.2) is 25.0 Å². The maximum absolute atomic E-state index is 11.7. The highest BCUT2D eigenvalue weighted by Crippen LogP contribution is 2.17. The first kappa shape index (κ1) is 11.6. The lowest BCUT2D eigenvalue weighted by atomic mass is 9.94. The quantitative estimate of drug-likeness (QED) is 0.712. The van der Waals surface area contributed by atoms with Gasteiger partial charge in [-0.2, -0.15) is 0 Å². The predicted octanol–water partition coefficient (Wildman–Crippen LogP) is 1.60. The summed E-state index contributed by atoms with van der Waals surface area (Å²) in [6.45, 7) is 1.84. The molecule has 0 spiro atoms. The molecule has 1 heterocycles. The van der Waals surface area contributed by atoms with Gasteiger partial charge in [0.25, 0.3) is 0 Å². The molecule has 1 aliphatic heterocycles. The van der Waals surface area contributed by atoms with Crippen molar-refractivity contribution < 1.29 is 4.79 Å². The Morgan fingerprint density at radius 2 is 2.25 bits per heavy atom. The lowest BCUT2D eigenvalue weighted by molar-refractivity contribution is -0.122. The fraction of sp³-hybridized carbons (Fsp3) is 0.769. The topological polar surface area (TPSA) is 41.1 Å². The van der Waals surface area contributed by atoms with Crippen molar-refractivity contribution >= 4 is 5.91 Å². The maximum Gasteiger partial charge on any atom is 0.237 e. The fourth-order valence-corrected chi connectivity index (χ4v) is 2.48. The number of nitrogens with one attached hydrogen (secondary N) is 2. The van der Waals surface area contributed by atoms with Crippen molar-refractivity contribution in [2.45, 2.75) is 44.6 Å². The molecule has 1 fully saturated rings. The minimum atomic E-state index is 0.0495. The largest absolute Gasteiger partial charge is 0.355 e. The first-order valence-electron chi connectivity index (χ1n) is 6.52. The smallest absolute Gasteiger partial charge is 0.237 e. The van der Waals surface area contributed by atoms with E-state index in [0.717, 1.165) is 38.3 Å². The lowest BCUT2D eigenvalue weighted by Crippen LogP contribution is -2.44. The van der Waals surface area contributed by atoms with E-state index >= 15 is 0 Å². The van der Waals surface area contributed by atoms with Crippen molar-refractivity contribution in [3.8, 4) is 0 Å². The first-order chi connectivity index (χ1) is 7.86. The van der Waals surface area contributed by atoms with Gasteiger partial charge in [-0.1, -0.05) is 12.2 Å². The van der Waals surface area contributed by atoms with Gasteiger partial charge in [0.15, 0.2) is 0 Å². The Hall–Kier alpha value is -0.830. The number of carbonyl (C=O) groups is 1. The van der Waals surface area contributed by atoms with Crippen LogP contribution in [0.5, 0.6) is 0 Å². The Bertz CT molecular complexity index is 263. The summed E-state index contributed by atoms with van der Waals surface area (Å²) in [5.41, 5.74) is 0. The molecule has 0 bridgehead atoms. The summed E-state index contributed by atoms with van der Waals surface area (Å²) in [7, 11) is 0. The van der Waals surface area contributed by atoms with Gasteiger partial charge in [-0.3, -0.25) is 4.79 Å². The van der Waals surface area contributed by atoms with Gasteiger partial charge in [0.2, 0.25) is 5.91 Å². The summed E-state index contributed by atoms with van der Waals surface area (Å²) >= 11 is 0. The van der Waals surface area contributed by atoms with E-state index < -0.39 is 0 Å². The third kappa shape index (κ3) is 3.34. The van der Waals surface area contributed by atoms with E-state index in [4.69, 9.17) is 0 Å². The van der Waals surface area contributed by atoms with Crippen molar-refractivity contribution in [3.05, 3.63) is 12.2 Å². The zero-order chi connectivity index (χ0) is 11.2. The van der Waals surface area contributed by atoms with Crippen LogP contribution in [0.2, 0.25) is 0 Å². The van der Waals surface area contributed by atoms with Crippen LogP contribution in [0.15, 0.2) is 12.2 Å². The van der Waals surface area contributed by atoms with E-state index in [-0.39, 0.29) is 11.9 Å². The summed E-state index contributed by atoms with van der Waals surface area (Å²) in [6, 6.07) is 0.0495. The molecule has 3 heteroatoms. The van der Waals surface area contributed by atoms with Crippen LogP contribution in [0.25, 0.3) is 0 Å². The van der Waals surface area contributed by atoms with Crippen molar-refractivity contribution in [1.82, 2.24) is 10.6 Å². The van der Waals surface area contributed by atoms with Crippen molar-refractivity contribution in [2.75, 3.05) is 13.1 Å². The second-order valence-electron chi connectivity index (χ2n) is 4.90. The van der Waals surface area contributed by atoms with Crippen LogP contribution in [0, 0.1) is 5.92 Å². The third-order valence-electron chi connectivity index (χ3n) is 3.57. The SMILES string of the molecule is O=C1NCCCCC1NCC1CC=CCC1. The van der Waals surface area contributed by atoms with Crippen LogP contribution in [0.1, 0.15) is 38.5 Å². The summed E-state index contributed by atoms with van der Waals surface area (Å²) in [6.07, 6.45) is 11.4. The molecule has 2 aliphatic rings. The molecule has 0 saturated carbocycles. The Morgan fingerprint density at radius 1 is 1.31 bits per heavy atom.